The molecule has 0 aliphatic heterocycles. The summed E-state index contributed by atoms with van der Waals surface area (Å²) in [6.07, 6.45) is -0.749. The molecule has 94 valence electrons. The van der Waals surface area contributed by atoms with Crippen LogP contribution in [-0.2, 0) is 20.9 Å². The second-order valence-electron chi connectivity index (χ2n) is 3.35. The Morgan fingerprint density at radius 2 is 2.24 bits per heavy atom. The Kier molecular flexibility index (Phi) is 5.93. The predicted octanol–water partition coefficient (Wildman–Crippen LogP) is 0.862. The van der Waals surface area contributed by atoms with Crippen molar-refractivity contribution in [1.29, 1.82) is 0 Å². The highest BCUT2D eigenvalue weighted by Crippen LogP contribution is 2.16. The molecule has 0 radical (unpaired) electrons. The number of hydrazine groups is 1. The van der Waals surface area contributed by atoms with E-state index in [1.807, 2.05) is 23.6 Å². The fraction of sp³-hybridized carbons (Fsp3) is 0.364. The summed E-state index contributed by atoms with van der Waals surface area (Å²) in [5.74, 6) is 4.61. The number of hydrogen-bond acceptors (Lipinski definition) is 4. The summed E-state index contributed by atoms with van der Waals surface area (Å²) in [5.41, 5.74) is 2.83. The minimum Gasteiger partial charge on any atom is -0.381 e. The van der Waals surface area contributed by atoms with Crippen LogP contribution in [0.4, 0.5) is 0 Å². The van der Waals surface area contributed by atoms with Crippen LogP contribution in [0.25, 0.3) is 0 Å². The van der Waals surface area contributed by atoms with E-state index in [9.17, 15) is 4.79 Å². The van der Waals surface area contributed by atoms with Crippen molar-refractivity contribution < 1.29 is 14.3 Å². The smallest absolute Gasteiger partial charge is 0.265 e. The van der Waals surface area contributed by atoms with Crippen molar-refractivity contribution in [3.8, 4) is 0 Å². The van der Waals surface area contributed by atoms with E-state index in [2.05, 4.69) is 0 Å². The normalized spacial score (nSPS) is 12.2. The van der Waals surface area contributed by atoms with Crippen molar-refractivity contribution in [2.24, 2.45) is 5.84 Å². The molecule has 6 heteroatoms. The zero-order valence-electron chi connectivity index (χ0n) is 9.48. The Hall–Kier alpha value is -1.14. The molecule has 0 heterocycles. The molecule has 0 saturated heterocycles. The number of rotatable bonds is 6. The fourth-order valence-corrected chi connectivity index (χ4v) is 1.44. The minimum absolute atomic E-state index is 0.132. The van der Waals surface area contributed by atoms with Gasteiger partial charge in [-0.1, -0.05) is 29.8 Å². The third kappa shape index (κ3) is 4.32. The Balaban J connectivity index is 2.57. The first-order chi connectivity index (χ1) is 8.19. The number of halogens is 1. The first-order valence-electron chi connectivity index (χ1n) is 5.03. The number of nitrogens with one attached hydrogen (secondary N) is 1. The Morgan fingerprint density at radius 1 is 1.53 bits per heavy atom. The molecule has 0 aliphatic rings. The summed E-state index contributed by atoms with van der Waals surface area (Å²) >= 11 is 5.96. The van der Waals surface area contributed by atoms with Gasteiger partial charge >= 0.3 is 0 Å². The van der Waals surface area contributed by atoms with Gasteiger partial charge in [0, 0.05) is 12.1 Å². The van der Waals surface area contributed by atoms with Crippen LogP contribution in [-0.4, -0.2) is 25.7 Å². The van der Waals surface area contributed by atoms with Gasteiger partial charge in [-0.05, 0) is 11.6 Å². The van der Waals surface area contributed by atoms with E-state index in [1.54, 1.807) is 6.07 Å². The highest BCUT2D eigenvalue weighted by molar-refractivity contribution is 6.31. The number of ether oxygens (including phenoxy) is 2. The number of nitrogens with two attached hydrogens (primary N) is 1. The topological polar surface area (TPSA) is 73.6 Å². The summed E-state index contributed by atoms with van der Waals surface area (Å²) in [6.45, 7) is 0.356. The largest absolute Gasteiger partial charge is 0.381 e. The summed E-state index contributed by atoms with van der Waals surface area (Å²) in [6, 6.07) is 7.26. The zero-order valence-corrected chi connectivity index (χ0v) is 10.2. The first-order valence-corrected chi connectivity index (χ1v) is 5.41. The van der Waals surface area contributed by atoms with E-state index in [1.165, 1.54) is 7.11 Å². The first kappa shape index (κ1) is 13.9. The lowest BCUT2D eigenvalue weighted by molar-refractivity contribution is -0.137. The third-order valence-corrected chi connectivity index (χ3v) is 2.52. The van der Waals surface area contributed by atoms with E-state index in [4.69, 9.17) is 26.9 Å². The SMILES string of the molecule is COCC(OCc1ccccc1Cl)C(=O)NN. The molecule has 17 heavy (non-hydrogen) atoms. The monoisotopic (exact) mass is 258 g/mol. The minimum atomic E-state index is -0.749. The van der Waals surface area contributed by atoms with Crippen LogP contribution in [0.15, 0.2) is 24.3 Å². The number of benzene rings is 1. The molecule has 1 rings (SSSR count). The lowest BCUT2D eigenvalue weighted by Crippen LogP contribution is -2.42. The van der Waals surface area contributed by atoms with Crippen LogP contribution in [0.5, 0.6) is 0 Å². The molecular weight excluding hydrogens is 244 g/mol. The molecule has 0 aromatic heterocycles. The van der Waals surface area contributed by atoms with Crippen LogP contribution in [0.3, 0.4) is 0 Å². The van der Waals surface area contributed by atoms with Crippen molar-refractivity contribution in [2.75, 3.05) is 13.7 Å². The molecule has 0 fully saturated rings. The van der Waals surface area contributed by atoms with Crippen molar-refractivity contribution in [1.82, 2.24) is 5.43 Å². The van der Waals surface area contributed by atoms with Gasteiger partial charge in [-0.15, -0.1) is 0 Å². The van der Waals surface area contributed by atoms with E-state index in [0.717, 1.165) is 5.56 Å². The number of methoxy groups -OCH3 is 1. The molecule has 0 spiro atoms. The second kappa shape index (κ2) is 7.24. The maximum Gasteiger partial charge on any atom is 0.265 e. The van der Waals surface area contributed by atoms with Gasteiger partial charge in [-0.3, -0.25) is 10.2 Å². The molecule has 1 unspecified atom stereocenters. The maximum absolute atomic E-state index is 11.3. The van der Waals surface area contributed by atoms with E-state index < -0.39 is 12.0 Å². The molecule has 3 N–H and O–H groups in total. The standard InChI is InChI=1S/C11H15ClN2O3/c1-16-7-10(11(15)14-13)17-6-8-4-2-3-5-9(8)12/h2-5,10H,6-7,13H2,1H3,(H,14,15). The maximum atomic E-state index is 11.3. The second-order valence-corrected chi connectivity index (χ2v) is 3.76. The van der Waals surface area contributed by atoms with E-state index in [0.29, 0.717) is 5.02 Å². The van der Waals surface area contributed by atoms with Gasteiger partial charge in [0.05, 0.1) is 13.2 Å². The van der Waals surface area contributed by atoms with Gasteiger partial charge in [0.2, 0.25) is 0 Å². The lowest BCUT2D eigenvalue weighted by Gasteiger charge is -2.15. The van der Waals surface area contributed by atoms with Crippen molar-refractivity contribution >= 4 is 17.5 Å². The fourth-order valence-electron chi connectivity index (χ4n) is 1.25. The van der Waals surface area contributed by atoms with Gasteiger partial charge in [0.1, 0.15) is 0 Å². The van der Waals surface area contributed by atoms with Crippen molar-refractivity contribution in [3.05, 3.63) is 34.9 Å². The Bertz CT molecular complexity index is 373. The van der Waals surface area contributed by atoms with Gasteiger partial charge in [0.15, 0.2) is 6.10 Å². The summed E-state index contributed by atoms with van der Waals surface area (Å²) in [7, 11) is 1.48. The van der Waals surface area contributed by atoms with Crippen LogP contribution >= 0.6 is 11.6 Å². The lowest BCUT2D eigenvalue weighted by atomic mass is 10.2. The van der Waals surface area contributed by atoms with Crippen LogP contribution in [0, 0.1) is 0 Å². The molecule has 0 saturated carbocycles. The summed E-state index contributed by atoms with van der Waals surface area (Å²) < 4.78 is 10.3. The molecule has 0 aliphatic carbocycles. The molecular formula is C11H15ClN2O3. The Morgan fingerprint density at radius 3 is 2.82 bits per heavy atom. The molecule has 1 amide bonds. The van der Waals surface area contributed by atoms with Gasteiger partial charge in [-0.2, -0.15) is 0 Å². The van der Waals surface area contributed by atoms with E-state index in [-0.39, 0.29) is 13.2 Å². The van der Waals surface area contributed by atoms with Gasteiger partial charge in [0.25, 0.3) is 5.91 Å². The number of carbonyl (C=O) groups is 1. The summed E-state index contributed by atoms with van der Waals surface area (Å²) in [4.78, 5) is 11.3. The van der Waals surface area contributed by atoms with Crippen molar-refractivity contribution in [2.45, 2.75) is 12.7 Å². The molecule has 5 nitrogen and oxygen atoms in total. The third-order valence-electron chi connectivity index (χ3n) is 2.15. The average Bonchev–Trinajstić information content (AvgIpc) is 2.35. The van der Waals surface area contributed by atoms with Gasteiger partial charge < -0.3 is 9.47 Å². The molecule has 1 aromatic carbocycles. The quantitative estimate of drug-likeness (QED) is 0.451. The molecule has 1 atom stereocenters. The average molecular weight is 259 g/mol. The van der Waals surface area contributed by atoms with Gasteiger partial charge in [-0.25, -0.2) is 5.84 Å². The summed E-state index contributed by atoms with van der Waals surface area (Å²) in [5, 5.41) is 0.594. The van der Waals surface area contributed by atoms with Crippen LogP contribution < -0.4 is 11.3 Å². The number of amides is 1. The van der Waals surface area contributed by atoms with Crippen LogP contribution in [0.1, 0.15) is 5.56 Å². The zero-order chi connectivity index (χ0) is 12.7. The highest BCUT2D eigenvalue weighted by Gasteiger charge is 2.18. The predicted molar refractivity (Wildman–Crippen MR) is 64.2 cm³/mol. The van der Waals surface area contributed by atoms with E-state index >= 15 is 0 Å². The Labute approximate surface area is 105 Å². The molecule has 0 bridgehead atoms. The molecule has 1 aromatic rings. The highest BCUT2D eigenvalue weighted by atomic mass is 35.5. The van der Waals surface area contributed by atoms with Crippen LogP contribution in [0.2, 0.25) is 5.02 Å². The number of hydrogen-bond donors (Lipinski definition) is 2. The van der Waals surface area contributed by atoms with Crippen molar-refractivity contribution in [3.63, 3.8) is 0 Å². The number of carbonyl (C=O) groups excluding carboxylic acids is 1.